The summed E-state index contributed by atoms with van der Waals surface area (Å²) in [6.45, 7) is 6.64. The van der Waals surface area contributed by atoms with Crippen LogP contribution in [-0.2, 0) is 6.54 Å². The first-order chi connectivity index (χ1) is 8.61. The average Bonchev–Trinajstić information content (AvgIpc) is 2.37. The molecule has 1 aromatic carbocycles. The fourth-order valence-corrected chi connectivity index (χ4v) is 2.85. The molecule has 3 heteroatoms. The SMILES string of the molecule is CC1CCCN(Cc2ccc(C#N)cc2Cl)C1C. The van der Waals surface area contributed by atoms with Crippen molar-refractivity contribution in [2.24, 2.45) is 5.92 Å². The molecule has 0 amide bonds. The molecular formula is C15H19ClN2. The number of hydrogen-bond donors (Lipinski definition) is 0. The van der Waals surface area contributed by atoms with E-state index in [9.17, 15) is 0 Å². The first-order valence-corrected chi connectivity index (χ1v) is 6.92. The zero-order valence-corrected chi connectivity index (χ0v) is 11.7. The number of piperidine rings is 1. The molecule has 1 fully saturated rings. The van der Waals surface area contributed by atoms with E-state index in [1.807, 2.05) is 12.1 Å². The molecule has 1 aromatic rings. The second-order valence-electron chi connectivity index (χ2n) is 5.25. The first-order valence-electron chi connectivity index (χ1n) is 6.54. The summed E-state index contributed by atoms with van der Waals surface area (Å²) in [5.41, 5.74) is 1.75. The second-order valence-corrected chi connectivity index (χ2v) is 5.66. The minimum atomic E-state index is 0.602. The number of halogens is 1. The lowest BCUT2D eigenvalue weighted by Crippen LogP contribution is -2.41. The Morgan fingerprint density at radius 1 is 1.44 bits per heavy atom. The van der Waals surface area contributed by atoms with Crippen LogP contribution < -0.4 is 0 Å². The van der Waals surface area contributed by atoms with Gasteiger partial charge in [-0.3, -0.25) is 4.90 Å². The summed E-state index contributed by atoms with van der Waals surface area (Å²) in [6.07, 6.45) is 2.58. The molecule has 1 heterocycles. The van der Waals surface area contributed by atoms with Gasteiger partial charge in [0.2, 0.25) is 0 Å². The summed E-state index contributed by atoms with van der Waals surface area (Å²) in [4.78, 5) is 2.49. The maximum Gasteiger partial charge on any atom is 0.0992 e. The van der Waals surface area contributed by atoms with Crippen LogP contribution >= 0.6 is 11.6 Å². The fourth-order valence-electron chi connectivity index (χ4n) is 2.61. The van der Waals surface area contributed by atoms with E-state index in [1.54, 1.807) is 6.07 Å². The van der Waals surface area contributed by atoms with E-state index in [2.05, 4.69) is 24.8 Å². The van der Waals surface area contributed by atoms with Crippen molar-refractivity contribution in [3.63, 3.8) is 0 Å². The zero-order valence-electron chi connectivity index (χ0n) is 11.0. The van der Waals surface area contributed by atoms with Crippen LogP contribution in [0, 0.1) is 17.2 Å². The van der Waals surface area contributed by atoms with Crippen LogP contribution in [0.25, 0.3) is 0 Å². The molecule has 1 saturated heterocycles. The van der Waals surface area contributed by atoms with Crippen LogP contribution in [0.2, 0.25) is 5.02 Å². The molecule has 2 nitrogen and oxygen atoms in total. The summed E-state index contributed by atoms with van der Waals surface area (Å²) >= 11 is 6.23. The van der Waals surface area contributed by atoms with E-state index in [0.29, 0.717) is 16.6 Å². The normalized spacial score (nSPS) is 24.8. The fraction of sp³-hybridized carbons (Fsp3) is 0.533. The number of nitrogens with zero attached hydrogens (tertiary/aromatic N) is 2. The highest BCUT2D eigenvalue weighted by Gasteiger charge is 2.24. The van der Waals surface area contributed by atoms with Gasteiger partial charge in [-0.25, -0.2) is 0 Å². The van der Waals surface area contributed by atoms with E-state index >= 15 is 0 Å². The van der Waals surface area contributed by atoms with Crippen molar-refractivity contribution < 1.29 is 0 Å². The quantitative estimate of drug-likeness (QED) is 0.810. The van der Waals surface area contributed by atoms with Gasteiger partial charge in [-0.05, 0) is 49.9 Å². The van der Waals surface area contributed by atoms with Crippen molar-refractivity contribution in [2.45, 2.75) is 39.3 Å². The number of likely N-dealkylation sites (tertiary alicyclic amines) is 1. The highest BCUT2D eigenvalue weighted by atomic mass is 35.5. The van der Waals surface area contributed by atoms with Crippen molar-refractivity contribution >= 4 is 11.6 Å². The van der Waals surface area contributed by atoms with E-state index in [0.717, 1.165) is 24.6 Å². The van der Waals surface area contributed by atoms with E-state index < -0.39 is 0 Å². The van der Waals surface area contributed by atoms with Crippen LogP contribution in [0.4, 0.5) is 0 Å². The van der Waals surface area contributed by atoms with Gasteiger partial charge in [0.1, 0.15) is 0 Å². The summed E-state index contributed by atoms with van der Waals surface area (Å²) in [5, 5.41) is 9.54. The summed E-state index contributed by atoms with van der Waals surface area (Å²) in [5.74, 6) is 0.746. The van der Waals surface area contributed by atoms with Gasteiger partial charge < -0.3 is 0 Å². The second kappa shape index (κ2) is 5.73. The van der Waals surface area contributed by atoms with E-state index in [-0.39, 0.29) is 0 Å². The van der Waals surface area contributed by atoms with Crippen molar-refractivity contribution in [1.29, 1.82) is 5.26 Å². The Kier molecular flexibility index (Phi) is 4.27. The molecule has 1 aliphatic heterocycles. The molecular weight excluding hydrogens is 244 g/mol. The molecule has 2 unspecified atom stereocenters. The minimum Gasteiger partial charge on any atom is -0.296 e. The van der Waals surface area contributed by atoms with Crippen molar-refractivity contribution in [3.05, 3.63) is 34.3 Å². The molecule has 2 atom stereocenters. The molecule has 2 rings (SSSR count). The number of nitriles is 1. The number of benzene rings is 1. The lowest BCUT2D eigenvalue weighted by atomic mass is 9.91. The lowest BCUT2D eigenvalue weighted by Gasteiger charge is -2.38. The molecule has 0 bridgehead atoms. The minimum absolute atomic E-state index is 0.602. The van der Waals surface area contributed by atoms with Gasteiger partial charge in [-0.2, -0.15) is 5.26 Å². The lowest BCUT2D eigenvalue weighted by molar-refractivity contribution is 0.106. The molecule has 96 valence electrons. The topological polar surface area (TPSA) is 27.0 Å². The number of rotatable bonds is 2. The largest absolute Gasteiger partial charge is 0.296 e. The van der Waals surface area contributed by atoms with Gasteiger partial charge in [0.15, 0.2) is 0 Å². The van der Waals surface area contributed by atoms with Crippen LogP contribution in [0.5, 0.6) is 0 Å². The molecule has 0 radical (unpaired) electrons. The van der Waals surface area contributed by atoms with Gasteiger partial charge in [0, 0.05) is 17.6 Å². The van der Waals surface area contributed by atoms with Gasteiger partial charge >= 0.3 is 0 Å². The van der Waals surface area contributed by atoms with Gasteiger partial charge in [-0.1, -0.05) is 24.6 Å². The molecule has 0 aromatic heterocycles. The monoisotopic (exact) mass is 262 g/mol. The Labute approximate surface area is 114 Å². The molecule has 0 N–H and O–H groups in total. The molecule has 18 heavy (non-hydrogen) atoms. The molecule has 0 aliphatic carbocycles. The predicted octanol–water partition coefficient (Wildman–Crippen LogP) is 3.83. The third-order valence-corrected chi connectivity index (χ3v) is 4.41. The standard InChI is InChI=1S/C15H19ClN2/c1-11-4-3-7-18(12(11)2)10-14-6-5-13(9-17)8-15(14)16/h5-6,8,11-12H,3-4,7,10H2,1-2H3. The van der Waals surface area contributed by atoms with Gasteiger partial charge in [0.05, 0.1) is 11.6 Å². The van der Waals surface area contributed by atoms with Crippen molar-refractivity contribution in [3.8, 4) is 6.07 Å². The Balaban J connectivity index is 2.12. The summed E-state index contributed by atoms with van der Waals surface area (Å²) in [6, 6.07) is 8.30. The molecule has 0 spiro atoms. The van der Waals surface area contributed by atoms with Crippen molar-refractivity contribution in [1.82, 2.24) is 4.90 Å². The third kappa shape index (κ3) is 2.85. The van der Waals surface area contributed by atoms with E-state index in [1.165, 1.54) is 12.8 Å². The van der Waals surface area contributed by atoms with E-state index in [4.69, 9.17) is 16.9 Å². The Hall–Kier alpha value is -1.04. The van der Waals surface area contributed by atoms with Crippen LogP contribution in [0.15, 0.2) is 18.2 Å². The maximum absolute atomic E-state index is 8.83. The number of hydrogen-bond acceptors (Lipinski definition) is 2. The van der Waals surface area contributed by atoms with Gasteiger partial charge in [0.25, 0.3) is 0 Å². The van der Waals surface area contributed by atoms with Crippen LogP contribution in [0.1, 0.15) is 37.8 Å². The maximum atomic E-state index is 8.83. The molecule has 0 saturated carbocycles. The molecule has 1 aliphatic rings. The summed E-state index contributed by atoms with van der Waals surface area (Å²) < 4.78 is 0. The Bertz CT molecular complexity index is 464. The Morgan fingerprint density at radius 3 is 2.89 bits per heavy atom. The average molecular weight is 263 g/mol. The smallest absolute Gasteiger partial charge is 0.0992 e. The van der Waals surface area contributed by atoms with Gasteiger partial charge in [-0.15, -0.1) is 0 Å². The zero-order chi connectivity index (χ0) is 13.1. The summed E-state index contributed by atoms with van der Waals surface area (Å²) in [7, 11) is 0. The highest BCUT2D eigenvalue weighted by Crippen LogP contribution is 2.26. The third-order valence-electron chi connectivity index (χ3n) is 4.06. The predicted molar refractivity (Wildman–Crippen MR) is 74.4 cm³/mol. The first kappa shape index (κ1) is 13.4. The van der Waals surface area contributed by atoms with Crippen LogP contribution in [0.3, 0.4) is 0 Å². The van der Waals surface area contributed by atoms with Crippen LogP contribution in [-0.4, -0.2) is 17.5 Å². The highest BCUT2D eigenvalue weighted by molar-refractivity contribution is 6.31. The Morgan fingerprint density at radius 2 is 2.22 bits per heavy atom. The van der Waals surface area contributed by atoms with Crippen molar-refractivity contribution in [2.75, 3.05) is 6.54 Å².